The molecule has 0 saturated carbocycles. The first-order chi connectivity index (χ1) is 14.8. The van der Waals surface area contributed by atoms with Crippen molar-refractivity contribution in [3.8, 4) is 0 Å². The summed E-state index contributed by atoms with van der Waals surface area (Å²) in [5.41, 5.74) is 5.37. The van der Waals surface area contributed by atoms with E-state index in [0.29, 0.717) is 5.70 Å². The maximum Gasteiger partial charge on any atom is 0.0725 e. The van der Waals surface area contributed by atoms with Crippen molar-refractivity contribution in [2.75, 3.05) is 0 Å². The molecule has 3 heteroatoms. The Bertz CT molecular complexity index is 959. The van der Waals surface area contributed by atoms with E-state index >= 15 is 0 Å². The zero-order valence-electron chi connectivity index (χ0n) is 20.8. The van der Waals surface area contributed by atoms with Crippen molar-refractivity contribution in [2.45, 2.75) is 66.8 Å². The van der Waals surface area contributed by atoms with Crippen LogP contribution in [0.5, 0.6) is 0 Å². The van der Waals surface area contributed by atoms with E-state index in [1.165, 1.54) is 21.9 Å². The lowest BCUT2D eigenvalue weighted by Gasteiger charge is -2.35. The van der Waals surface area contributed by atoms with E-state index in [4.69, 9.17) is 0 Å². The smallest absolute Gasteiger partial charge is 0.0725 e. The molecule has 0 aliphatic carbocycles. The van der Waals surface area contributed by atoms with Crippen LogP contribution in [-0.2, 0) is 6.42 Å². The normalized spacial score (nSPS) is 14.0. The van der Waals surface area contributed by atoms with Gasteiger partial charge in [-0.1, -0.05) is 109 Å². The Balaban J connectivity index is 2.30. The van der Waals surface area contributed by atoms with Crippen LogP contribution in [0.25, 0.3) is 10.8 Å². The highest BCUT2D eigenvalue weighted by atomic mass is 19.2. The molecule has 0 aromatic heterocycles. The van der Waals surface area contributed by atoms with Crippen molar-refractivity contribution < 1.29 is 4.48 Å². The second-order valence-corrected chi connectivity index (χ2v) is 11.4. The monoisotopic (exact) mass is 436 g/mol. The van der Waals surface area contributed by atoms with Gasteiger partial charge in [0.2, 0.25) is 0 Å². The number of rotatable bonds is 10. The molecule has 0 aliphatic heterocycles. The summed E-state index contributed by atoms with van der Waals surface area (Å²) in [6.45, 7) is 25.5. The van der Waals surface area contributed by atoms with E-state index in [2.05, 4.69) is 109 Å². The predicted molar refractivity (Wildman–Crippen MR) is 138 cm³/mol. The number of benzene rings is 2. The first kappa shape index (κ1) is 25.7. The molecule has 2 rings (SSSR count). The Kier molecular flexibility index (Phi) is 8.34. The lowest BCUT2D eigenvalue weighted by molar-refractivity contribution is 0.263. The van der Waals surface area contributed by atoms with E-state index in [1.807, 2.05) is 0 Å². The van der Waals surface area contributed by atoms with E-state index in [0.717, 1.165) is 25.0 Å². The standard InChI is InChI=1S/C29H41FN2/c1-20(19-28(4,5)6)16-26(21(2)31-27(22(3)32-30)29(7,8)9)18-23-14-15-24-12-10-11-13-25(24)17-23/h10-15,17,26-27,31-32H,1-3,16,18-19H2,4-9H3/t26?,27-/m1/s1. The van der Waals surface area contributed by atoms with Crippen molar-refractivity contribution in [2.24, 2.45) is 16.7 Å². The SMILES string of the molecule is C=C(CC(Cc1ccc2ccccc2c1)C(=C)N[C@H](C(=C)NF)C(C)(C)C)CC(C)(C)C. The number of halogens is 1. The molecule has 0 bridgehead atoms. The van der Waals surface area contributed by atoms with Gasteiger partial charge in [0.15, 0.2) is 0 Å². The van der Waals surface area contributed by atoms with E-state index in [9.17, 15) is 4.48 Å². The van der Waals surface area contributed by atoms with Crippen LogP contribution in [0.4, 0.5) is 4.48 Å². The maximum atomic E-state index is 13.3. The summed E-state index contributed by atoms with van der Waals surface area (Å²) in [6, 6.07) is 14.7. The molecule has 2 nitrogen and oxygen atoms in total. The van der Waals surface area contributed by atoms with E-state index in [-0.39, 0.29) is 22.8 Å². The Labute approximate surface area is 194 Å². The first-order valence-electron chi connectivity index (χ1n) is 11.5. The van der Waals surface area contributed by atoms with Crippen LogP contribution in [0.15, 0.2) is 79.2 Å². The minimum absolute atomic E-state index is 0.142. The lowest BCUT2D eigenvalue weighted by atomic mass is 9.81. The van der Waals surface area contributed by atoms with Gasteiger partial charge in [0.25, 0.3) is 0 Å². The molecule has 1 unspecified atom stereocenters. The summed E-state index contributed by atoms with van der Waals surface area (Å²) in [4.78, 5) is 0. The van der Waals surface area contributed by atoms with Crippen molar-refractivity contribution in [1.29, 1.82) is 0 Å². The van der Waals surface area contributed by atoms with Gasteiger partial charge >= 0.3 is 0 Å². The molecule has 2 atom stereocenters. The highest BCUT2D eigenvalue weighted by Crippen LogP contribution is 2.32. The molecule has 174 valence electrons. The molecule has 0 radical (unpaired) electrons. The number of hydrogen-bond acceptors (Lipinski definition) is 2. The topological polar surface area (TPSA) is 24.1 Å². The molecule has 2 aromatic carbocycles. The summed E-state index contributed by atoms with van der Waals surface area (Å²) in [5.74, 6) is 0.142. The Hall–Kier alpha value is -2.55. The molecule has 32 heavy (non-hydrogen) atoms. The molecule has 2 aromatic rings. The van der Waals surface area contributed by atoms with Crippen LogP contribution < -0.4 is 10.9 Å². The second kappa shape index (κ2) is 10.4. The third-order valence-corrected chi connectivity index (χ3v) is 5.77. The van der Waals surface area contributed by atoms with Gasteiger partial charge in [0.1, 0.15) is 0 Å². The van der Waals surface area contributed by atoms with Crippen LogP contribution in [0, 0.1) is 16.7 Å². The van der Waals surface area contributed by atoms with Gasteiger partial charge in [-0.05, 0) is 46.4 Å². The average Bonchev–Trinajstić information content (AvgIpc) is 2.68. The molecule has 0 spiro atoms. The van der Waals surface area contributed by atoms with Crippen molar-refractivity contribution in [3.63, 3.8) is 0 Å². The Morgan fingerprint density at radius 2 is 1.53 bits per heavy atom. The fourth-order valence-electron chi connectivity index (χ4n) is 4.32. The number of fused-ring (bicyclic) bond motifs is 1. The molecule has 0 saturated heterocycles. The number of hydrogen-bond donors (Lipinski definition) is 2. The van der Waals surface area contributed by atoms with Crippen LogP contribution in [-0.4, -0.2) is 6.04 Å². The fraction of sp³-hybridized carbons (Fsp3) is 0.448. The van der Waals surface area contributed by atoms with Gasteiger partial charge in [0.05, 0.1) is 11.7 Å². The van der Waals surface area contributed by atoms with Crippen LogP contribution >= 0.6 is 0 Å². The second-order valence-electron chi connectivity index (χ2n) is 11.4. The molecular formula is C29H41FN2. The lowest BCUT2D eigenvalue weighted by Crippen LogP contribution is -2.44. The average molecular weight is 437 g/mol. The quantitative estimate of drug-likeness (QED) is 0.292. The maximum absolute atomic E-state index is 13.3. The molecule has 0 amide bonds. The van der Waals surface area contributed by atoms with Crippen molar-refractivity contribution in [3.05, 3.63) is 84.7 Å². The number of nitrogens with one attached hydrogen (secondary N) is 2. The van der Waals surface area contributed by atoms with Crippen LogP contribution in [0.1, 0.15) is 59.9 Å². The molecule has 0 heterocycles. The van der Waals surface area contributed by atoms with Crippen LogP contribution in [0.3, 0.4) is 0 Å². The zero-order chi connectivity index (χ0) is 24.1. The van der Waals surface area contributed by atoms with Crippen molar-refractivity contribution >= 4 is 10.8 Å². The summed E-state index contributed by atoms with van der Waals surface area (Å²) in [6.07, 6.45) is 2.63. The third kappa shape index (κ3) is 7.55. The molecule has 0 aliphatic rings. The highest BCUT2D eigenvalue weighted by Gasteiger charge is 2.29. The first-order valence-corrected chi connectivity index (χ1v) is 11.5. The molecule has 0 fully saturated rings. The Morgan fingerprint density at radius 1 is 0.906 bits per heavy atom. The van der Waals surface area contributed by atoms with Gasteiger partial charge < -0.3 is 5.32 Å². The number of allylic oxidation sites excluding steroid dienone is 2. The summed E-state index contributed by atoms with van der Waals surface area (Å²) < 4.78 is 13.3. The third-order valence-electron chi connectivity index (χ3n) is 5.77. The highest BCUT2D eigenvalue weighted by molar-refractivity contribution is 5.83. The van der Waals surface area contributed by atoms with E-state index < -0.39 is 0 Å². The minimum Gasteiger partial charge on any atom is -0.380 e. The van der Waals surface area contributed by atoms with Crippen LogP contribution in [0.2, 0.25) is 0 Å². The summed E-state index contributed by atoms with van der Waals surface area (Å²) in [5, 5.41) is 5.97. The summed E-state index contributed by atoms with van der Waals surface area (Å²) in [7, 11) is 0. The van der Waals surface area contributed by atoms with Crippen molar-refractivity contribution in [1.82, 2.24) is 10.9 Å². The van der Waals surface area contributed by atoms with Gasteiger partial charge in [-0.2, -0.15) is 0 Å². The molecule has 2 N–H and O–H groups in total. The van der Waals surface area contributed by atoms with Gasteiger partial charge in [-0.25, -0.2) is 5.54 Å². The van der Waals surface area contributed by atoms with E-state index in [1.54, 1.807) is 5.54 Å². The fourth-order valence-corrected chi connectivity index (χ4v) is 4.32. The van der Waals surface area contributed by atoms with Gasteiger partial charge in [-0.15, -0.1) is 4.48 Å². The zero-order valence-corrected chi connectivity index (χ0v) is 20.8. The summed E-state index contributed by atoms with van der Waals surface area (Å²) >= 11 is 0. The predicted octanol–water partition coefficient (Wildman–Crippen LogP) is 7.89. The minimum atomic E-state index is -0.282. The molecular weight excluding hydrogens is 395 g/mol. The largest absolute Gasteiger partial charge is 0.380 e. The van der Waals surface area contributed by atoms with Gasteiger partial charge in [0, 0.05) is 11.6 Å². The Morgan fingerprint density at radius 3 is 2.09 bits per heavy atom. The van der Waals surface area contributed by atoms with Gasteiger partial charge in [-0.3, -0.25) is 0 Å².